The van der Waals surface area contributed by atoms with Gasteiger partial charge in [-0.25, -0.2) is 0 Å². The Labute approximate surface area is 97.3 Å². The van der Waals surface area contributed by atoms with Crippen molar-refractivity contribution in [1.82, 2.24) is 0 Å². The average molecular weight is 248 g/mol. The van der Waals surface area contributed by atoms with Crippen molar-refractivity contribution in [3.8, 4) is 12.1 Å². The van der Waals surface area contributed by atoms with E-state index in [0.29, 0.717) is 0 Å². The molecular weight excluding hydrogens is 248 g/mol. The first-order valence-corrected chi connectivity index (χ1v) is 4.03. The van der Waals surface area contributed by atoms with Crippen molar-refractivity contribution in [3.63, 3.8) is 0 Å². The molecule has 0 amide bonds. The number of hydrogen-bond donors (Lipinski definition) is 0. The largest absolute Gasteiger partial charge is 0.398 e. The predicted octanol–water partition coefficient (Wildman–Crippen LogP) is -0.753. The minimum absolute atomic E-state index is 1.07. The number of nitriles is 2. The lowest BCUT2D eigenvalue weighted by atomic mass is 9.92. The zero-order valence-corrected chi connectivity index (χ0v) is 8.24. The first kappa shape index (κ1) is 12.7. The highest BCUT2D eigenvalue weighted by atomic mass is 16.6. The van der Waals surface area contributed by atoms with E-state index in [9.17, 15) is 29.8 Å². The summed E-state index contributed by atoms with van der Waals surface area (Å²) in [5, 5.41) is 38.2. The molecule has 0 N–H and O–H groups in total. The molecule has 0 aromatic carbocycles. The van der Waals surface area contributed by atoms with E-state index in [1.165, 1.54) is 0 Å². The Morgan fingerprint density at radius 3 is 1.28 bits per heavy atom. The number of nitro groups is 2. The van der Waals surface area contributed by atoms with Crippen LogP contribution in [-0.2, 0) is 9.59 Å². The van der Waals surface area contributed by atoms with E-state index in [1.54, 1.807) is 0 Å². The Balaban J connectivity index is 3.74. The van der Waals surface area contributed by atoms with Crippen LogP contribution >= 0.6 is 0 Å². The second-order valence-electron chi connectivity index (χ2n) is 2.84. The molecule has 10 heteroatoms. The second-order valence-corrected chi connectivity index (χ2v) is 2.84. The smallest absolute Gasteiger partial charge is 0.280 e. The molecule has 0 radical (unpaired) electrons. The number of rotatable bonds is 2. The Kier molecular flexibility index (Phi) is 2.98. The van der Waals surface area contributed by atoms with Gasteiger partial charge in [0, 0.05) is 0 Å². The molecule has 1 aliphatic carbocycles. The fraction of sp³-hybridized carbons (Fsp3) is 0. The maximum absolute atomic E-state index is 11.4. The topological polar surface area (TPSA) is 168 Å². The van der Waals surface area contributed by atoms with Crippen LogP contribution in [0.4, 0.5) is 0 Å². The van der Waals surface area contributed by atoms with Crippen LogP contribution < -0.4 is 0 Å². The maximum Gasteiger partial charge on any atom is 0.398 e. The number of allylic oxidation sites excluding steroid dienone is 2. The first-order valence-electron chi connectivity index (χ1n) is 4.03. The van der Waals surface area contributed by atoms with E-state index in [4.69, 9.17) is 10.5 Å². The molecule has 0 unspecified atom stereocenters. The molecule has 0 fully saturated rings. The van der Waals surface area contributed by atoms with Gasteiger partial charge in [-0.15, -0.1) is 0 Å². The lowest BCUT2D eigenvalue weighted by molar-refractivity contribution is -0.462. The van der Waals surface area contributed by atoms with Crippen LogP contribution in [0.3, 0.4) is 0 Å². The van der Waals surface area contributed by atoms with Gasteiger partial charge in [0.05, 0.1) is 9.85 Å². The van der Waals surface area contributed by atoms with Crippen LogP contribution in [0.1, 0.15) is 0 Å². The molecule has 0 saturated carbocycles. The monoisotopic (exact) mass is 248 g/mol. The van der Waals surface area contributed by atoms with Crippen molar-refractivity contribution in [2.45, 2.75) is 0 Å². The Hall–Kier alpha value is -3.40. The van der Waals surface area contributed by atoms with Crippen molar-refractivity contribution in [2.75, 3.05) is 0 Å². The first-order chi connectivity index (χ1) is 8.36. The van der Waals surface area contributed by atoms with Gasteiger partial charge in [-0.05, 0) is 0 Å². The van der Waals surface area contributed by atoms with Gasteiger partial charge >= 0.3 is 11.4 Å². The van der Waals surface area contributed by atoms with Crippen LogP contribution in [0.5, 0.6) is 0 Å². The highest BCUT2D eigenvalue weighted by molar-refractivity contribution is 6.26. The Morgan fingerprint density at radius 1 is 0.833 bits per heavy atom. The maximum atomic E-state index is 11.4. The standard InChI is InChI=1S/C8N4O6/c9-1-3-4(2-10)8(14)6(12(17)18)5(7(3)13)11(15)16. The number of nitrogens with zero attached hydrogens (tertiary/aromatic N) is 4. The molecule has 0 aromatic rings. The van der Waals surface area contributed by atoms with Gasteiger partial charge in [0.25, 0.3) is 11.6 Å². The quantitative estimate of drug-likeness (QED) is 0.349. The van der Waals surface area contributed by atoms with Gasteiger partial charge in [0.2, 0.25) is 0 Å². The van der Waals surface area contributed by atoms with Gasteiger partial charge in [-0.2, -0.15) is 10.5 Å². The lowest BCUT2D eigenvalue weighted by Gasteiger charge is -2.05. The normalized spacial score (nSPS) is 15.2. The SMILES string of the molecule is N#CC1=C(C#N)C(=O)C([N+](=O)[O-])=C([N+](=O)[O-])C1=O. The molecule has 0 spiro atoms. The molecule has 0 saturated heterocycles. The number of carbonyl (C=O) groups is 2. The third-order valence-electron chi connectivity index (χ3n) is 1.95. The zero-order chi connectivity index (χ0) is 14.0. The summed E-state index contributed by atoms with van der Waals surface area (Å²) in [6, 6.07) is 2.31. The van der Waals surface area contributed by atoms with Crippen molar-refractivity contribution < 1.29 is 19.4 Å². The van der Waals surface area contributed by atoms with Crippen LogP contribution in [0.15, 0.2) is 22.5 Å². The highest BCUT2D eigenvalue weighted by Crippen LogP contribution is 2.24. The minimum atomic E-state index is -1.62. The number of Topliss-reactive ketones (excluding diaryl/α,β-unsaturated/α-hetero) is 2. The second kappa shape index (κ2) is 4.23. The summed E-state index contributed by atoms with van der Waals surface area (Å²) >= 11 is 0. The molecule has 0 aliphatic heterocycles. The minimum Gasteiger partial charge on any atom is -0.280 e. The van der Waals surface area contributed by atoms with E-state index in [-0.39, 0.29) is 0 Å². The molecular formula is C8N4O6. The van der Waals surface area contributed by atoms with E-state index in [2.05, 4.69) is 0 Å². The van der Waals surface area contributed by atoms with Crippen LogP contribution in [0.2, 0.25) is 0 Å². The van der Waals surface area contributed by atoms with Gasteiger partial charge in [-0.3, -0.25) is 29.8 Å². The molecule has 1 aliphatic rings. The molecule has 0 bridgehead atoms. The molecule has 0 atom stereocenters. The van der Waals surface area contributed by atoms with Gasteiger partial charge < -0.3 is 0 Å². The van der Waals surface area contributed by atoms with Gasteiger partial charge in [0.15, 0.2) is 0 Å². The van der Waals surface area contributed by atoms with Gasteiger partial charge in [-0.1, -0.05) is 0 Å². The summed E-state index contributed by atoms with van der Waals surface area (Å²) in [6.07, 6.45) is 0. The molecule has 0 heterocycles. The van der Waals surface area contributed by atoms with E-state index in [0.717, 1.165) is 12.1 Å². The molecule has 1 rings (SSSR count). The summed E-state index contributed by atoms with van der Waals surface area (Å²) in [6.45, 7) is 0. The van der Waals surface area contributed by atoms with Crippen molar-refractivity contribution in [1.29, 1.82) is 10.5 Å². The molecule has 18 heavy (non-hydrogen) atoms. The Morgan fingerprint density at radius 2 is 1.11 bits per heavy atom. The predicted molar refractivity (Wildman–Crippen MR) is 49.3 cm³/mol. The molecule has 10 nitrogen and oxygen atoms in total. The summed E-state index contributed by atoms with van der Waals surface area (Å²) in [4.78, 5) is 41.1. The number of hydrogen-bond acceptors (Lipinski definition) is 8. The number of carbonyl (C=O) groups excluding carboxylic acids is 2. The third kappa shape index (κ3) is 1.60. The van der Waals surface area contributed by atoms with E-state index < -0.39 is 44.0 Å². The van der Waals surface area contributed by atoms with Gasteiger partial charge in [0.1, 0.15) is 23.3 Å². The summed E-state index contributed by atoms with van der Waals surface area (Å²) in [7, 11) is 0. The molecule has 88 valence electrons. The fourth-order valence-electron chi connectivity index (χ4n) is 1.23. The van der Waals surface area contributed by atoms with Crippen molar-refractivity contribution in [2.24, 2.45) is 0 Å². The Bertz CT molecular complexity index is 600. The van der Waals surface area contributed by atoms with E-state index >= 15 is 0 Å². The van der Waals surface area contributed by atoms with Crippen LogP contribution in [0, 0.1) is 42.9 Å². The van der Waals surface area contributed by atoms with Crippen LogP contribution in [0.25, 0.3) is 0 Å². The number of ketones is 2. The summed E-state index contributed by atoms with van der Waals surface area (Å²) in [5.74, 6) is -3.24. The van der Waals surface area contributed by atoms with Crippen LogP contribution in [-0.4, -0.2) is 21.4 Å². The van der Waals surface area contributed by atoms with E-state index in [1.807, 2.05) is 0 Å². The van der Waals surface area contributed by atoms with Crippen molar-refractivity contribution in [3.05, 3.63) is 42.8 Å². The van der Waals surface area contributed by atoms with Crippen molar-refractivity contribution >= 4 is 11.6 Å². The molecule has 0 aromatic heterocycles. The fourth-order valence-corrected chi connectivity index (χ4v) is 1.23. The summed E-state index contributed by atoms with van der Waals surface area (Å²) in [5.41, 5.74) is -5.36. The summed E-state index contributed by atoms with van der Waals surface area (Å²) < 4.78 is 0. The zero-order valence-electron chi connectivity index (χ0n) is 8.24. The lowest BCUT2D eigenvalue weighted by Crippen LogP contribution is -2.30. The third-order valence-corrected chi connectivity index (χ3v) is 1.95. The average Bonchev–Trinajstić information content (AvgIpc) is 2.29. The highest BCUT2D eigenvalue weighted by Gasteiger charge is 2.49.